The van der Waals surface area contributed by atoms with Crippen molar-refractivity contribution < 1.29 is 4.79 Å². The van der Waals surface area contributed by atoms with Crippen LogP contribution in [0, 0.1) is 6.92 Å². The highest BCUT2D eigenvalue weighted by atomic mass is 35.5. The number of rotatable bonds is 5. The van der Waals surface area contributed by atoms with Crippen LogP contribution in [-0.4, -0.2) is 27.2 Å². The number of halogens is 1. The normalized spacial score (nSPS) is 12.0. The summed E-state index contributed by atoms with van der Waals surface area (Å²) in [4.78, 5) is 16.6. The van der Waals surface area contributed by atoms with Crippen molar-refractivity contribution in [2.75, 3.05) is 6.54 Å². The van der Waals surface area contributed by atoms with Crippen LogP contribution in [0.1, 0.15) is 34.8 Å². The predicted octanol–water partition coefficient (Wildman–Crippen LogP) is 3.76. The fourth-order valence-electron chi connectivity index (χ4n) is 2.54. The van der Waals surface area contributed by atoms with Gasteiger partial charge < -0.3 is 5.32 Å². The van der Waals surface area contributed by atoms with E-state index in [-0.39, 0.29) is 17.6 Å². The minimum absolute atomic E-state index is 0.160. The van der Waals surface area contributed by atoms with E-state index in [2.05, 4.69) is 34.5 Å². The quantitative estimate of drug-likeness (QED) is 0.758. The Morgan fingerprint density at radius 1 is 1.16 bits per heavy atom. The van der Waals surface area contributed by atoms with Crippen LogP contribution >= 0.6 is 11.6 Å². The molecule has 6 heteroatoms. The standard InChI is InChI=1S/C19H19ClN4O/c1-13(15-6-4-3-5-7-15)12-21-19(25)18-22-14(2)24(23-18)17-10-8-16(20)9-11-17/h3-11,13H,12H2,1-2H3,(H,21,25)/t13-/m0/s1. The lowest BCUT2D eigenvalue weighted by atomic mass is 10.0. The van der Waals surface area contributed by atoms with Crippen LogP contribution in [0.4, 0.5) is 0 Å². The molecule has 0 spiro atoms. The first kappa shape index (κ1) is 17.2. The van der Waals surface area contributed by atoms with E-state index in [1.807, 2.05) is 37.3 Å². The average Bonchev–Trinajstić information content (AvgIpc) is 3.02. The second kappa shape index (κ2) is 7.49. The van der Waals surface area contributed by atoms with Gasteiger partial charge in [-0.05, 0) is 42.7 Å². The molecular formula is C19H19ClN4O. The van der Waals surface area contributed by atoms with Gasteiger partial charge in [0.15, 0.2) is 0 Å². The molecule has 5 nitrogen and oxygen atoms in total. The van der Waals surface area contributed by atoms with Crippen LogP contribution in [0.5, 0.6) is 0 Å². The van der Waals surface area contributed by atoms with E-state index in [1.165, 1.54) is 5.56 Å². The molecule has 25 heavy (non-hydrogen) atoms. The van der Waals surface area contributed by atoms with Crippen molar-refractivity contribution >= 4 is 17.5 Å². The molecule has 1 N–H and O–H groups in total. The van der Waals surface area contributed by atoms with E-state index in [9.17, 15) is 4.79 Å². The third kappa shape index (κ3) is 4.06. The number of hydrogen-bond acceptors (Lipinski definition) is 3. The lowest BCUT2D eigenvalue weighted by Crippen LogP contribution is -2.28. The first-order chi connectivity index (χ1) is 12.0. The van der Waals surface area contributed by atoms with E-state index in [0.29, 0.717) is 17.4 Å². The number of carbonyl (C=O) groups excluding carboxylic acids is 1. The molecule has 0 saturated carbocycles. The zero-order valence-electron chi connectivity index (χ0n) is 14.1. The zero-order chi connectivity index (χ0) is 17.8. The molecule has 0 unspecified atom stereocenters. The van der Waals surface area contributed by atoms with Gasteiger partial charge in [0, 0.05) is 11.6 Å². The molecular weight excluding hydrogens is 336 g/mol. The Hall–Kier alpha value is -2.66. The lowest BCUT2D eigenvalue weighted by Gasteiger charge is -2.11. The molecule has 0 radical (unpaired) electrons. The number of hydrogen-bond donors (Lipinski definition) is 1. The second-order valence-corrected chi connectivity index (χ2v) is 6.33. The Labute approximate surface area is 151 Å². The van der Waals surface area contributed by atoms with Crippen molar-refractivity contribution in [3.63, 3.8) is 0 Å². The maximum absolute atomic E-state index is 12.4. The molecule has 3 rings (SSSR count). The fraction of sp³-hybridized carbons (Fsp3) is 0.211. The van der Waals surface area contributed by atoms with E-state index >= 15 is 0 Å². The van der Waals surface area contributed by atoms with E-state index in [1.54, 1.807) is 16.8 Å². The first-order valence-corrected chi connectivity index (χ1v) is 8.45. The van der Waals surface area contributed by atoms with Gasteiger partial charge >= 0.3 is 0 Å². The van der Waals surface area contributed by atoms with Crippen LogP contribution in [0.15, 0.2) is 54.6 Å². The summed E-state index contributed by atoms with van der Waals surface area (Å²) in [5.74, 6) is 0.736. The summed E-state index contributed by atoms with van der Waals surface area (Å²) in [5, 5.41) is 7.86. The second-order valence-electron chi connectivity index (χ2n) is 5.89. The van der Waals surface area contributed by atoms with Crippen molar-refractivity contribution in [1.82, 2.24) is 20.1 Å². The fourth-order valence-corrected chi connectivity index (χ4v) is 2.66. The molecule has 0 aliphatic carbocycles. The van der Waals surface area contributed by atoms with Crippen molar-refractivity contribution in [2.45, 2.75) is 19.8 Å². The van der Waals surface area contributed by atoms with Crippen molar-refractivity contribution in [1.29, 1.82) is 0 Å². The van der Waals surface area contributed by atoms with Crippen LogP contribution < -0.4 is 5.32 Å². The number of aryl methyl sites for hydroxylation is 1. The highest BCUT2D eigenvalue weighted by Gasteiger charge is 2.16. The third-order valence-electron chi connectivity index (χ3n) is 3.98. The summed E-state index contributed by atoms with van der Waals surface area (Å²) < 4.78 is 1.63. The van der Waals surface area contributed by atoms with Crippen molar-refractivity contribution in [2.24, 2.45) is 0 Å². The summed E-state index contributed by atoms with van der Waals surface area (Å²) in [6, 6.07) is 17.3. The molecule has 2 aromatic carbocycles. The van der Waals surface area contributed by atoms with Gasteiger partial charge in [-0.2, -0.15) is 0 Å². The van der Waals surface area contributed by atoms with Gasteiger partial charge in [0.2, 0.25) is 5.82 Å². The summed E-state index contributed by atoms with van der Waals surface area (Å²) in [6.45, 7) is 4.41. The summed E-state index contributed by atoms with van der Waals surface area (Å²) in [5.41, 5.74) is 1.99. The number of aromatic nitrogens is 3. The Morgan fingerprint density at radius 3 is 2.52 bits per heavy atom. The van der Waals surface area contributed by atoms with Crippen LogP contribution in [0.2, 0.25) is 5.02 Å². The molecule has 0 aliphatic heterocycles. The molecule has 128 valence electrons. The van der Waals surface area contributed by atoms with Gasteiger partial charge in [0.25, 0.3) is 5.91 Å². The minimum atomic E-state index is -0.279. The molecule has 0 fully saturated rings. The maximum Gasteiger partial charge on any atom is 0.291 e. The molecule has 0 saturated heterocycles. The van der Waals surface area contributed by atoms with Gasteiger partial charge in [-0.15, -0.1) is 5.10 Å². The third-order valence-corrected chi connectivity index (χ3v) is 4.23. The first-order valence-electron chi connectivity index (χ1n) is 8.07. The molecule has 1 heterocycles. The Morgan fingerprint density at radius 2 is 1.84 bits per heavy atom. The molecule has 1 aromatic heterocycles. The largest absolute Gasteiger partial charge is 0.349 e. The Kier molecular flexibility index (Phi) is 5.14. The molecule has 3 aromatic rings. The number of nitrogens with one attached hydrogen (secondary N) is 1. The summed E-state index contributed by atoms with van der Waals surface area (Å²) in [7, 11) is 0. The molecule has 0 bridgehead atoms. The number of benzene rings is 2. The number of carbonyl (C=O) groups is 1. The average molecular weight is 355 g/mol. The monoisotopic (exact) mass is 354 g/mol. The van der Waals surface area contributed by atoms with Gasteiger partial charge in [-0.3, -0.25) is 4.79 Å². The van der Waals surface area contributed by atoms with Gasteiger partial charge in [-0.25, -0.2) is 9.67 Å². The predicted molar refractivity (Wildman–Crippen MR) is 98.3 cm³/mol. The van der Waals surface area contributed by atoms with Gasteiger partial charge in [-0.1, -0.05) is 48.9 Å². The van der Waals surface area contributed by atoms with Crippen LogP contribution in [-0.2, 0) is 0 Å². The lowest BCUT2D eigenvalue weighted by molar-refractivity contribution is 0.0941. The van der Waals surface area contributed by atoms with Crippen LogP contribution in [0.3, 0.4) is 0 Å². The van der Waals surface area contributed by atoms with E-state index < -0.39 is 0 Å². The molecule has 1 atom stereocenters. The molecule has 0 aliphatic rings. The van der Waals surface area contributed by atoms with Gasteiger partial charge in [0.05, 0.1) is 5.69 Å². The smallest absolute Gasteiger partial charge is 0.291 e. The van der Waals surface area contributed by atoms with E-state index in [4.69, 9.17) is 11.6 Å². The van der Waals surface area contributed by atoms with Crippen LogP contribution in [0.25, 0.3) is 5.69 Å². The summed E-state index contributed by atoms with van der Waals surface area (Å²) in [6.07, 6.45) is 0. The number of amides is 1. The highest BCUT2D eigenvalue weighted by Crippen LogP contribution is 2.15. The Balaban J connectivity index is 1.69. The summed E-state index contributed by atoms with van der Waals surface area (Å²) >= 11 is 5.91. The highest BCUT2D eigenvalue weighted by molar-refractivity contribution is 6.30. The Bertz CT molecular complexity index is 859. The number of nitrogens with zero attached hydrogens (tertiary/aromatic N) is 3. The molecule has 1 amide bonds. The van der Waals surface area contributed by atoms with Gasteiger partial charge in [0.1, 0.15) is 5.82 Å². The van der Waals surface area contributed by atoms with E-state index in [0.717, 1.165) is 5.69 Å². The van der Waals surface area contributed by atoms with Crippen molar-refractivity contribution in [3.05, 3.63) is 76.8 Å². The maximum atomic E-state index is 12.4. The van der Waals surface area contributed by atoms with Crippen molar-refractivity contribution in [3.8, 4) is 5.69 Å². The minimum Gasteiger partial charge on any atom is -0.349 e. The topological polar surface area (TPSA) is 59.8 Å². The SMILES string of the molecule is Cc1nc(C(=O)NC[C@H](C)c2ccccc2)nn1-c1ccc(Cl)cc1. The zero-order valence-corrected chi connectivity index (χ0v) is 14.9.